The van der Waals surface area contributed by atoms with Gasteiger partial charge in [0.15, 0.2) is 0 Å². The zero-order chi connectivity index (χ0) is 18.1. The molecule has 2 aromatic heterocycles. The van der Waals surface area contributed by atoms with Crippen LogP contribution in [0.1, 0.15) is 27.3 Å². The number of hydrogen-bond acceptors (Lipinski definition) is 3. The van der Waals surface area contributed by atoms with Crippen LogP contribution in [0.5, 0.6) is 0 Å². The Bertz CT molecular complexity index is 966. The fourth-order valence-electron chi connectivity index (χ4n) is 2.45. The van der Waals surface area contributed by atoms with Crippen LogP contribution in [0.3, 0.4) is 0 Å². The van der Waals surface area contributed by atoms with Gasteiger partial charge in [0.1, 0.15) is 5.82 Å². The SMILES string of the molecule is Cc1ncccc1C(=O)Nc1c(C)c(C)nn1-c1ccc(Cl)c(Cl)c1. The van der Waals surface area contributed by atoms with Gasteiger partial charge in [0.25, 0.3) is 5.91 Å². The molecule has 2 heterocycles. The summed E-state index contributed by atoms with van der Waals surface area (Å²) in [6.07, 6.45) is 1.65. The molecule has 0 unspecified atom stereocenters. The third-order valence-electron chi connectivity index (χ3n) is 3.99. The number of aromatic nitrogens is 3. The van der Waals surface area contributed by atoms with Crippen LogP contribution >= 0.6 is 23.2 Å². The van der Waals surface area contributed by atoms with E-state index in [9.17, 15) is 4.79 Å². The number of rotatable bonds is 3. The van der Waals surface area contributed by atoms with Crippen LogP contribution < -0.4 is 5.32 Å². The van der Waals surface area contributed by atoms with Crippen molar-refractivity contribution in [3.63, 3.8) is 0 Å². The summed E-state index contributed by atoms with van der Waals surface area (Å²) in [5, 5.41) is 8.32. The van der Waals surface area contributed by atoms with Crippen molar-refractivity contribution in [2.75, 3.05) is 5.32 Å². The first-order chi connectivity index (χ1) is 11.9. The first kappa shape index (κ1) is 17.5. The number of benzene rings is 1. The maximum atomic E-state index is 12.7. The smallest absolute Gasteiger partial charge is 0.258 e. The van der Waals surface area contributed by atoms with Crippen LogP contribution in [-0.2, 0) is 0 Å². The van der Waals surface area contributed by atoms with Gasteiger partial charge in [-0.25, -0.2) is 4.68 Å². The number of aryl methyl sites for hydroxylation is 2. The standard InChI is InChI=1S/C18H16Cl2N4O/c1-10-11(2)23-24(13-6-7-15(19)16(20)9-13)17(10)22-18(25)14-5-4-8-21-12(14)3/h4-9H,1-3H3,(H,22,25). The number of pyridine rings is 1. The Labute approximate surface area is 155 Å². The average molecular weight is 375 g/mol. The molecule has 7 heteroatoms. The van der Waals surface area contributed by atoms with Crippen LogP contribution in [0.2, 0.25) is 10.0 Å². The molecule has 25 heavy (non-hydrogen) atoms. The summed E-state index contributed by atoms with van der Waals surface area (Å²) in [6, 6.07) is 8.67. The zero-order valence-corrected chi connectivity index (χ0v) is 15.5. The summed E-state index contributed by atoms with van der Waals surface area (Å²) >= 11 is 12.1. The highest BCUT2D eigenvalue weighted by molar-refractivity contribution is 6.42. The van der Waals surface area contributed by atoms with Crippen LogP contribution in [0, 0.1) is 20.8 Å². The molecule has 0 radical (unpaired) electrons. The van der Waals surface area contributed by atoms with Gasteiger partial charge in [-0.3, -0.25) is 9.78 Å². The minimum Gasteiger partial charge on any atom is -0.306 e. The quantitative estimate of drug-likeness (QED) is 0.719. The minimum atomic E-state index is -0.241. The third kappa shape index (κ3) is 3.38. The molecule has 0 atom stereocenters. The summed E-state index contributed by atoms with van der Waals surface area (Å²) < 4.78 is 1.65. The molecule has 3 aromatic rings. The van der Waals surface area contributed by atoms with E-state index in [1.54, 1.807) is 48.1 Å². The maximum absolute atomic E-state index is 12.7. The second-order valence-electron chi connectivity index (χ2n) is 5.66. The van der Waals surface area contributed by atoms with Gasteiger partial charge < -0.3 is 5.32 Å². The molecule has 0 aliphatic rings. The van der Waals surface area contributed by atoms with E-state index < -0.39 is 0 Å². The van der Waals surface area contributed by atoms with Crippen LogP contribution in [-0.4, -0.2) is 20.7 Å². The number of halogens is 2. The fourth-order valence-corrected chi connectivity index (χ4v) is 2.75. The Balaban J connectivity index is 2.03. The number of amides is 1. The van der Waals surface area contributed by atoms with Gasteiger partial charge in [-0.2, -0.15) is 5.10 Å². The van der Waals surface area contributed by atoms with Gasteiger partial charge in [-0.15, -0.1) is 0 Å². The van der Waals surface area contributed by atoms with Crippen molar-refractivity contribution < 1.29 is 4.79 Å². The second-order valence-corrected chi connectivity index (χ2v) is 6.47. The monoisotopic (exact) mass is 374 g/mol. The summed E-state index contributed by atoms with van der Waals surface area (Å²) in [4.78, 5) is 16.8. The van der Waals surface area contributed by atoms with Crippen molar-refractivity contribution in [3.05, 3.63) is 69.1 Å². The highest BCUT2D eigenvalue weighted by Gasteiger charge is 2.18. The van der Waals surface area contributed by atoms with Gasteiger partial charge >= 0.3 is 0 Å². The van der Waals surface area contributed by atoms with Gasteiger partial charge in [0, 0.05) is 17.5 Å². The van der Waals surface area contributed by atoms with Crippen molar-refractivity contribution in [2.24, 2.45) is 0 Å². The number of nitrogens with zero attached hydrogens (tertiary/aromatic N) is 3. The molecule has 1 N–H and O–H groups in total. The van der Waals surface area contributed by atoms with Crippen molar-refractivity contribution in [2.45, 2.75) is 20.8 Å². The van der Waals surface area contributed by atoms with E-state index in [-0.39, 0.29) is 5.91 Å². The first-order valence-corrected chi connectivity index (χ1v) is 8.38. The second kappa shape index (κ2) is 6.86. The first-order valence-electron chi connectivity index (χ1n) is 7.63. The lowest BCUT2D eigenvalue weighted by Crippen LogP contribution is -2.17. The number of nitrogens with one attached hydrogen (secondary N) is 1. The van der Waals surface area contributed by atoms with Gasteiger partial charge in [0.05, 0.1) is 27.0 Å². The van der Waals surface area contributed by atoms with E-state index in [0.29, 0.717) is 32.8 Å². The lowest BCUT2D eigenvalue weighted by molar-refractivity contribution is 0.102. The van der Waals surface area contributed by atoms with Crippen molar-refractivity contribution >= 4 is 34.9 Å². The Hall–Kier alpha value is -2.37. The number of carbonyl (C=O) groups excluding carboxylic acids is 1. The number of carbonyl (C=O) groups is 1. The topological polar surface area (TPSA) is 59.8 Å². The normalized spacial score (nSPS) is 10.8. The predicted molar refractivity (Wildman–Crippen MR) is 100.0 cm³/mol. The van der Waals surface area contributed by atoms with E-state index in [4.69, 9.17) is 23.2 Å². The third-order valence-corrected chi connectivity index (χ3v) is 4.73. The van der Waals surface area contributed by atoms with E-state index in [2.05, 4.69) is 15.4 Å². The molecule has 5 nitrogen and oxygen atoms in total. The molecule has 128 valence electrons. The van der Waals surface area contributed by atoms with Crippen molar-refractivity contribution in [3.8, 4) is 5.69 Å². The molecular formula is C18H16Cl2N4O. The molecule has 0 bridgehead atoms. The molecule has 0 aliphatic carbocycles. The predicted octanol–water partition coefficient (Wildman–Crippen LogP) is 4.75. The molecule has 0 aliphatic heterocycles. The fraction of sp³-hybridized carbons (Fsp3) is 0.167. The summed E-state index contributed by atoms with van der Waals surface area (Å²) in [5.41, 5.74) is 3.57. The van der Waals surface area contributed by atoms with Gasteiger partial charge in [-0.05, 0) is 51.1 Å². The van der Waals surface area contributed by atoms with E-state index in [0.717, 1.165) is 11.3 Å². The maximum Gasteiger partial charge on any atom is 0.258 e. The molecule has 1 amide bonds. The Morgan fingerprint density at radius 2 is 1.84 bits per heavy atom. The highest BCUT2D eigenvalue weighted by Crippen LogP contribution is 2.28. The molecule has 1 aromatic carbocycles. The molecule has 0 saturated carbocycles. The Kier molecular flexibility index (Phi) is 4.79. The van der Waals surface area contributed by atoms with E-state index in [1.807, 2.05) is 13.8 Å². The van der Waals surface area contributed by atoms with Crippen LogP contribution in [0.15, 0.2) is 36.5 Å². The molecule has 3 rings (SSSR count). The minimum absolute atomic E-state index is 0.241. The molecular weight excluding hydrogens is 359 g/mol. The summed E-state index contributed by atoms with van der Waals surface area (Å²) in [5.74, 6) is 0.346. The Morgan fingerprint density at radius 1 is 1.08 bits per heavy atom. The van der Waals surface area contributed by atoms with Gasteiger partial charge in [-0.1, -0.05) is 23.2 Å². The van der Waals surface area contributed by atoms with Crippen LogP contribution in [0.25, 0.3) is 5.69 Å². The van der Waals surface area contributed by atoms with E-state index >= 15 is 0 Å². The highest BCUT2D eigenvalue weighted by atomic mass is 35.5. The van der Waals surface area contributed by atoms with Crippen molar-refractivity contribution in [1.82, 2.24) is 14.8 Å². The number of hydrogen-bond donors (Lipinski definition) is 1. The van der Waals surface area contributed by atoms with E-state index in [1.165, 1.54) is 0 Å². The Morgan fingerprint density at radius 3 is 2.52 bits per heavy atom. The summed E-state index contributed by atoms with van der Waals surface area (Å²) in [6.45, 7) is 5.58. The molecule has 0 fully saturated rings. The molecule has 0 saturated heterocycles. The number of anilines is 1. The summed E-state index contributed by atoms with van der Waals surface area (Å²) in [7, 11) is 0. The largest absolute Gasteiger partial charge is 0.306 e. The van der Waals surface area contributed by atoms with Crippen molar-refractivity contribution in [1.29, 1.82) is 0 Å². The lowest BCUT2D eigenvalue weighted by Gasteiger charge is -2.11. The molecule has 0 spiro atoms. The van der Waals surface area contributed by atoms with Crippen LogP contribution in [0.4, 0.5) is 5.82 Å². The zero-order valence-electron chi connectivity index (χ0n) is 14.0. The van der Waals surface area contributed by atoms with Gasteiger partial charge in [0.2, 0.25) is 0 Å². The lowest BCUT2D eigenvalue weighted by atomic mass is 10.2. The average Bonchev–Trinajstić information content (AvgIpc) is 2.86.